The first-order chi connectivity index (χ1) is 7.02. The summed E-state index contributed by atoms with van der Waals surface area (Å²) in [4.78, 5) is 14.2. The molecule has 1 amide bonds. The number of nitrogens with zero attached hydrogens (tertiary/aromatic N) is 1. The fourth-order valence-corrected chi connectivity index (χ4v) is 2.44. The lowest BCUT2D eigenvalue weighted by Gasteiger charge is -2.32. The Balaban J connectivity index is 0.00000225. The van der Waals surface area contributed by atoms with Crippen LogP contribution in [0.3, 0.4) is 0 Å². The summed E-state index contributed by atoms with van der Waals surface area (Å²) in [5.41, 5.74) is -0.260. The van der Waals surface area contributed by atoms with E-state index in [2.05, 4.69) is 26.1 Å². The lowest BCUT2D eigenvalue weighted by molar-refractivity contribution is -0.137. The van der Waals surface area contributed by atoms with E-state index in [4.69, 9.17) is 0 Å². The molecule has 0 aliphatic carbocycles. The summed E-state index contributed by atoms with van der Waals surface area (Å²) in [6.45, 7) is 8.21. The second kappa shape index (κ2) is 6.45. The van der Waals surface area contributed by atoms with Gasteiger partial charge >= 0.3 is 0 Å². The van der Waals surface area contributed by atoms with Crippen LogP contribution in [0.4, 0.5) is 0 Å². The van der Waals surface area contributed by atoms with Crippen LogP contribution in [0.1, 0.15) is 40.0 Å². The maximum Gasteiger partial charge on any atom is 0.242 e. The van der Waals surface area contributed by atoms with Crippen molar-refractivity contribution in [1.82, 2.24) is 10.2 Å². The van der Waals surface area contributed by atoms with Gasteiger partial charge in [-0.1, -0.05) is 20.8 Å². The highest BCUT2D eigenvalue weighted by Crippen LogP contribution is 2.25. The van der Waals surface area contributed by atoms with E-state index in [1.165, 1.54) is 0 Å². The molecular weight excluding hydrogens is 224 g/mol. The Bertz CT molecular complexity index is 225. The Labute approximate surface area is 105 Å². The average molecular weight is 249 g/mol. The molecule has 0 aromatic carbocycles. The van der Waals surface area contributed by atoms with Crippen LogP contribution in [0.15, 0.2) is 0 Å². The summed E-state index contributed by atoms with van der Waals surface area (Å²) in [5, 5.41) is 3.38. The summed E-state index contributed by atoms with van der Waals surface area (Å²) in [5.74, 6) is 0.811. The van der Waals surface area contributed by atoms with Crippen LogP contribution in [0, 0.1) is 5.92 Å². The molecule has 0 bridgehead atoms. The fourth-order valence-electron chi connectivity index (χ4n) is 2.44. The molecule has 0 aromatic rings. The highest BCUT2D eigenvalue weighted by atomic mass is 35.5. The Morgan fingerprint density at radius 1 is 1.50 bits per heavy atom. The van der Waals surface area contributed by atoms with Gasteiger partial charge in [0.15, 0.2) is 0 Å². The van der Waals surface area contributed by atoms with E-state index in [1.807, 2.05) is 11.9 Å². The van der Waals surface area contributed by atoms with Crippen molar-refractivity contribution < 1.29 is 4.79 Å². The van der Waals surface area contributed by atoms with Gasteiger partial charge in [-0.25, -0.2) is 0 Å². The topological polar surface area (TPSA) is 32.3 Å². The highest BCUT2D eigenvalue weighted by Gasteiger charge is 2.40. The summed E-state index contributed by atoms with van der Waals surface area (Å²) in [6, 6.07) is 0. The van der Waals surface area contributed by atoms with Crippen LogP contribution < -0.4 is 5.32 Å². The highest BCUT2D eigenvalue weighted by molar-refractivity contribution is 5.86. The monoisotopic (exact) mass is 248 g/mol. The maximum atomic E-state index is 12.3. The van der Waals surface area contributed by atoms with Gasteiger partial charge in [0.05, 0.1) is 5.54 Å². The van der Waals surface area contributed by atoms with Crippen LogP contribution in [-0.2, 0) is 4.79 Å². The summed E-state index contributed by atoms with van der Waals surface area (Å²) in [6.07, 6.45) is 3.01. The van der Waals surface area contributed by atoms with Gasteiger partial charge in [-0.05, 0) is 31.7 Å². The molecule has 1 unspecified atom stereocenters. The zero-order chi connectivity index (χ0) is 11.5. The Hall–Kier alpha value is -0.280. The van der Waals surface area contributed by atoms with E-state index in [1.54, 1.807) is 0 Å². The molecule has 1 heterocycles. The average Bonchev–Trinajstić information content (AvgIpc) is 2.65. The molecule has 1 rings (SSSR count). The van der Waals surface area contributed by atoms with E-state index in [-0.39, 0.29) is 23.9 Å². The standard InChI is InChI=1S/C12H24N2O.ClH/c1-5-12(7-6-8-13-12)11(15)14(4)9-10(2)3;/h10,13H,5-9H2,1-4H3;1H. The van der Waals surface area contributed by atoms with Crippen LogP contribution >= 0.6 is 12.4 Å². The summed E-state index contributed by atoms with van der Waals surface area (Å²) < 4.78 is 0. The van der Waals surface area contributed by atoms with Crippen LogP contribution in [-0.4, -0.2) is 36.5 Å². The van der Waals surface area contributed by atoms with Gasteiger partial charge in [-0.3, -0.25) is 4.79 Å². The third kappa shape index (κ3) is 3.36. The molecule has 0 spiro atoms. The van der Waals surface area contributed by atoms with Crippen molar-refractivity contribution in [2.24, 2.45) is 5.92 Å². The van der Waals surface area contributed by atoms with Gasteiger partial charge in [-0.2, -0.15) is 0 Å². The lowest BCUT2D eigenvalue weighted by Crippen LogP contribution is -2.54. The quantitative estimate of drug-likeness (QED) is 0.826. The van der Waals surface area contributed by atoms with Crippen molar-refractivity contribution in [1.29, 1.82) is 0 Å². The number of carbonyl (C=O) groups is 1. The number of likely N-dealkylation sites (N-methyl/N-ethyl adjacent to an activating group) is 1. The summed E-state index contributed by atoms with van der Waals surface area (Å²) >= 11 is 0. The molecule has 4 heteroatoms. The first kappa shape index (κ1) is 15.7. The maximum absolute atomic E-state index is 12.3. The number of nitrogens with one attached hydrogen (secondary N) is 1. The second-order valence-corrected chi connectivity index (χ2v) is 5.05. The molecule has 1 N–H and O–H groups in total. The van der Waals surface area contributed by atoms with Crippen molar-refractivity contribution in [3.05, 3.63) is 0 Å². The minimum atomic E-state index is -0.260. The lowest BCUT2D eigenvalue weighted by atomic mass is 9.92. The van der Waals surface area contributed by atoms with Gasteiger partial charge in [0.2, 0.25) is 5.91 Å². The van der Waals surface area contributed by atoms with E-state index in [0.29, 0.717) is 5.92 Å². The molecule has 1 fully saturated rings. The smallest absolute Gasteiger partial charge is 0.242 e. The van der Waals surface area contributed by atoms with Crippen LogP contribution in [0.25, 0.3) is 0 Å². The largest absolute Gasteiger partial charge is 0.344 e. The van der Waals surface area contributed by atoms with Crippen molar-refractivity contribution >= 4 is 18.3 Å². The minimum absolute atomic E-state index is 0. The molecular formula is C12H25ClN2O. The van der Waals surface area contributed by atoms with E-state index in [9.17, 15) is 4.79 Å². The molecule has 0 aromatic heterocycles. The van der Waals surface area contributed by atoms with Crippen LogP contribution in [0.2, 0.25) is 0 Å². The molecule has 0 saturated carbocycles. The number of halogens is 1. The third-order valence-electron chi connectivity index (χ3n) is 3.24. The van der Waals surface area contributed by atoms with Crippen molar-refractivity contribution in [3.63, 3.8) is 0 Å². The number of rotatable bonds is 4. The first-order valence-corrected chi connectivity index (χ1v) is 6.02. The minimum Gasteiger partial charge on any atom is -0.344 e. The molecule has 1 saturated heterocycles. The van der Waals surface area contributed by atoms with Gasteiger partial charge in [0, 0.05) is 13.6 Å². The zero-order valence-corrected chi connectivity index (χ0v) is 11.7. The molecule has 3 nitrogen and oxygen atoms in total. The van der Waals surface area contributed by atoms with Crippen LogP contribution in [0.5, 0.6) is 0 Å². The Morgan fingerprint density at radius 2 is 2.12 bits per heavy atom. The van der Waals surface area contributed by atoms with Gasteiger partial charge in [-0.15, -0.1) is 12.4 Å². The SMILES string of the molecule is CCC1(C(=O)N(C)CC(C)C)CCCN1.Cl. The second-order valence-electron chi connectivity index (χ2n) is 5.05. The van der Waals surface area contributed by atoms with Gasteiger partial charge in [0.25, 0.3) is 0 Å². The predicted octanol–water partition coefficient (Wildman–Crippen LogP) is 2.05. The number of carbonyl (C=O) groups excluding carboxylic acids is 1. The van der Waals surface area contributed by atoms with Crippen molar-refractivity contribution in [2.45, 2.75) is 45.6 Å². The molecule has 1 aliphatic rings. The normalized spacial score (nSPS) is 24.3. The number of amides is 1. The van der Waals surface area contributed by atoms with Crippen molar-refractivity contribution in [3.8, 4) is 0 Å². The molecule has 1 atom stereocenters. The molecule has 0 radical (unpaired) electrons. The van der Waals surface area contributed by atoms with Gasteiger partial charge < -0.3 is 10.2 Å². The molecule has 96 valence electrons. The summed E-state index contributed by atoms with van der Waals surface area (Å²) in [7, 11) is 1.92. The first-order valence-electron chi connectivity index (χ1n) is 6.02. The van der Waals surface area contributed by atoms with E-state index < -0.39 is 0 Å². The predicted molar refractivity (Wildman–Crippen MR) is 70.0 cm³/mol. The zero-order valence-electron chi connectivity index (χ0n) is 10.9. The van der Waals surface area contributed by atoms with E-state index in [0.717, 1.165) is 32.4 Å². The number of hydrogen-bond acceptors (Lipinski definition) is 2. The van der Waals surface area contributed by atoms with E-state index >= 15 is 0 Å². The van der Waals surface area contributed by atoms with Gasteiger partial charge in [0.1, 0.15) is 0 Å². The number of hydrogen-bond donors (Lipinski definition) is 1. The third-order valence-corrected chi connectivity index (χ3v) is 3.24. The fraction of sp³-hybridized carbons (Fsp3) is 0.917. The Kier molecular flexibility index (Phi) is 6.34. The molecule has 1 aliphatic heterocycles. The van der Waals surface area contributed by atoms with Crippen molar-refractivity contribution in [2.75, 3.05) is 20.1 Å². The molecule has 16 heavy (non-hydrogen) atoms. The Morgan fingerprint density at radius 3 is 2.50 bits per heavy atom.